The zero-order valence-electron chi connectivity index (χ0n) is 11.5. The van der Waals surface area contributed by atoms with Gasteiger partial charge in [-0.05, 0) is 29.3 Å². The van der Waals surface area contributed by atoms with E-state index in [1.807, 2.05) is 6.07 Å². The summed E-state index contributed by atoms with van der Waals surface area (Å²) in [6.45, 7) is -0.279. The summed E-state index contributed by atoms with van der Waals surface area (Å²) in [6, 6.07) is 12.9. The standard InChI is InChI=1S/C16H15Cl2NO3/c17-12-6-11(7-13(18)8-12)15(21)16(22)19-14(9-20)10-4-2-1-3-5-10/h1-8,14-15,20-21H,9H2,(H,19,22)/t14-,15+/m0/s1. The average Bonchev–Trinajstić information content (AvgIpc) is 2.51. The second-order valence-electron chi connectivity index (χ2n) is 4.76. The minimum atomic E-state index is -1.42. The third-order valence-electron chi connectivity index (χ3n) is 3.15. The van der Waals surface area contributed by atoms with E-state index < -0.39 is 18.1 Å². The molecular weight excluding hydrogens is 325 g/mol. The van der Waals surface area contributed by atoms with Gasteiger partial charge in [0.05, 0.1) is 12.6 Å². The Hall–Kier alpha value is -1.59. The number of hydrogen-bond donors (Lipinski definition) is 3. The predicted octanol–water partition coefficient (Wildman–Crippen LogP) is 2.88. The molecule has 0 saturated carbocycles. The summed E-state index contributed by atoms with van der Waals surface area (Å²) in [5.74, 6) is -0.638. The lowest BCUT2D eigenvalue weighted by Crippen LogP contribution is -2.34. The lowest BCUT2D eigenvalue weighted by Gasteiger charge is -2.19. The molecule has 0 aliphatic carbocycles. The number of carbonyl (C=O) groups is 1. The second-order valence-corrected chi connectivity index (χ2v) is 5.63. The number of aliphatic hydroxyl groups is 2. The van der Waals surface area contributed by atoms with Crippen molar-refractivity contribution in [1.29, 1.82) is 0 Å². The van der Waals surface area contributed by atoms with E-state index in [9.17, 15) is 15.0 Å². The quantitative estimate of drug-likeness (QED) is 0.784. The average molecular weight is 340 g/mol. The van der Waals surface area contributed by atoms with Crippen LogP contribution in [0.5, 0.6) is 0 Å². The van der Waals surface area contributed by atoms with Gasteiger partial charge in [-0.1, -0.05) is 53.5 Å². The minimum Gasteiger partial charge on any atom is -0.394 e. The van der Waals surface area contributed by atoms with E-state index in [0.717, 1.165) is 5.56 Å². The lowest BCUT2D eigenvalue weighted by atomic mass is 10.1. The topological polar surface area (TPSA) is 69.6 Å². The zero-order chi connectivity index (χ0) is 16.1. The molecule has 0 unspecified atom stereocenters. The number of carbonyl (C=O) groups excluding carboxylic acids is 1. The summed E-state index contributed by atoms with van der Waals surface area (Å²) in [5.41, 5.74) is 1.04. The van der Waals surface area contributed by atoms with E-state index in [2.05, 4.69) is 5.32 Å². The second kappa shape index (κ2) is 7.61. The van der Waals surface area contributed by atoms with Crippen LogP contribution in [0.25, 0.3) is 0 Å². The molecule has 0 aliphatic rings. The van der Waals surface area contributed by atoms with Gasteiger partial charge in [0.25, 0.3) is 5.91 Å². The van der Waals surface area contributed by atoms with Gasteiger partial charge in [0, 0.05) is 10.0 Å². The maximum atomic E-state index is 12.2. The highest BCUT2D eigenvalue weighted by atomic mass is 35.5. The molecule has 2 aromatic rings. The Morgan fingerprint density at radius 1 is 1.05 bits per heavy atom. The number of halogens is 2. The number of benzene rings is 2. The number of nitrogens with one attached hydrogen (secondary N) is 1. The molecule has 116 valence electrons. The van der Waals surface area contributed by atoms with Crippen LogP contribution in [-0.4, -0.2) is 22.7 Å². The van der Waals surface area contributed by atoms with Gasteiger partial charge in [0.2, 0.25) is 0 Å². The van der Waals surface area contributed by atoms with E-state index in [1.54, 1.807) is 24.3 Å². The fourth-order valence-electron chi connectivity index (χ4n) is 2.05. The van der Waals surface area contributed by atoms with Crippen molar-refractivity contribution in [1.82, 2.24) is 5.32 Å². The molecule has 0 bridgehead atoms. The van der Waals surface area contributed by atoms with Crippen LogP contribution in [0.15, 0.2) is 48.5 Å². The van der Waals surface area contributed by atoms with Crippen LogP contribution in [0.4, 0.5) is 0 Å². The van der Waals surface area contributed by atoms with Crippen molar-refractivity contribution < 1.29 is 15.0 Å². The summed E-state index contributed by atoms with van der Waals surface area (Å²) in [6.07, 6.45) is -1.42. The van der Waals surface area contributed by atoms with E-state index in [0.29, 0.717) is 15.6 Å². The first-order chi connectivity index (χ1) is 10.5. The Morgan fingerprint density at radius 2 is 1.64 bits per heavy atom. The fraction of sp³-hybridized carbons (Fsp3) is 0.188. The third-order valence-corrected chi connectivity index (χ3v) is 3.59. The molecule has 0 heterocycles. The summed E-state index contributed by atoms with van der Waals surface area (Å²) in [4.78, 5) is 12.2. The molecule has 2 rings (SSSR count). The smallest absolute Gasteiger partial charge is 0.254 e. The van der Waals surface area contributed by atoms with Crippen molar-refractivity contribution in [3.8, 4) is 0 Å². The summed E-state index contributed by atoms with van der Waals surface area (Å²) in [5, 5.41) is 22.8. The number of hydrogen-bond acceptors (Lipinski definition) is 3. The van der Waals surface area contributed by atoms with Crippen LogP contribution in [0, 0.1) is 0 Å². The number of amides is 1. The van der Waals surface area contributed by atoms with Crippen molar-refractivity contribution in [2.24, 2.45) is 0 Å². The van der Waals surface area contributed by atoms with Gasteiger partial charge in [0.1, 0.15) is 0 Å². The first-order valence-corrected chi connectivity index (χ1v) is 7.37. The zero-order valence-corrected chi connectivity index (χ0v) is 13.1. The monoisotopic (exact) mass is 339 g/mol. The summed E-state index contributed by atoms with van der Waals surface area (Å²) < 4.78 is 0. The molecule has 3 N–H and O–H groups in total. The highest BCUT2D eigenvalue weighted by Crippen LogP contribution is 2.24. The van der Waals surface area contributed by atoms with Gasteiger partial charge < -0.3 is 15.5 Å². The molecule has 6 heteroatoms. The largest absolute Gasteiger partial charge is 0.394 e. The number of rotatable bonds is 5. The van der Waals surface area contributed by atoms with E-state index in [-0.39, 0.29) is 6.61 Å². The first-order valence-electron chi connectivity index (χ1n) is 6.61. The Morgan fingerprint density at radius 3 is 2.18 bits per heavy atom. The van der Waals surface area contributed by atoms with Crippen molar-refractivity contribution in [3.05, 3.63) is 69.7 Å². The predicted molar refractivity (Wildman–Crippen MR) is 85.8 cm³/mol. The maximum Gasteiger partial charge on any atom is 0.254 e. The fourth-order valence-corrected chi connectivity index (χ4v) is 2.60. The first kappa shape index (κ1) is 16.8. The Kier molecular flexibility index (Phi) is 5.80. The molecule has 0 fully saturated rings. The van der Waals surface area contributed by atoms with Crippen molar-refractivity contribution in [3.63, 3.8) is 0 Å². The highest BCUT2D eigenvalue weighted by molar-refractivity contribution is 6.34. The molecule has 0 radical (unpaired) electrons. The Labute approximate surface area is 138 Å². The van der Waals surface area contributed by atoms with Crippen LogP contribution < -0.4 is 5.32 Å². The highest BCUT2D eigenvalue weighted by Gasteiger charge is 2.22. The summed E-state index contributed by atoms with van der Waals surface area (Å²) in [7, 11) is 0. The van der Waals surface area contributed by atoms with Crippen LogP contribution in [0.1, 0.15) is 23.3 Å². The Bertz CT molecular complexity index is 629. The molecule has 0 aliphatic heterocycles. The SMILES string of the molecule is O=C(N[C@@H](CO)c1ccccc1)[C@H](O)c1cc(Cl)cc(Cl)c1. The van der Waals surface area contributed by atoms with Crippen molar-refractivity contribution in [2.45, 2.75) is 12.1 Å². The Balaban J connectivity index is 2.13. The molecule has 1 amide bonds. The van der Waals surface area contributed by atoms with Gasteiger partial charge in [-0.3, -0.25) is 4.79 Å². The normalized spacial score (nSPS) is 13.5. The number of aliphatic hydroxyl groups excluding tert-OH is 2. The maximum absolute atomic E-state index is 12.2. The molecule has 0 saturated heterocycles. The molecule has 0 spiro atoms. The van der Waals surface area contributed by atoms with E-state index in [4.69, 9.17) is 23.2 Å². The molecule has 2 aromatic carbocycles. The molecular formula is C16H15Cl2NO3. The van der Waals surface area contributed by atoms with Crippen LogP contribution in [-0.2, 0) is 4.79 Å². The van der Waals surface area contributed by atoms with Gasteiger partial charge in [-0.15, -0.1) is 0 Å². The molecule has 22 heavy (non-hydrogen) atoms. The lowest BCUT2D eigenvalue weighted by molar-refractivity contribution is -0.130. The van der Waals surface area contributed by atoms with Crippen LogP contribution in [0.3, 0.4) is 0 Å². The van der Waals surface area contributed by atoms with Crippen molar-refractivity contribution >= 4 is 29.1 Å². The molecule has 4 nitrogen and oxygen atoms in total. The summed E-state index contributed by atoms with van der Waals surface area (Å²) >= 11 is 11.7. The van der Waals surface area contributed by atoms with Crippen LogP contribution >= 0.6 is 23.2 Å². The molecule has 0 aromatic heterocycles. The van der Waals surface area contributed by atoms with Crippen LogP contribution in [0.2, 0.25) is 10.0 Å². The minimum absolute atomic E-state index is 0.279. The van der Waals surface area contributed by atoms with E-state index in [1.165, 1.54) is 18.2 Å². The van der Waals surface area contributed by atoms with Gasteiger partial charge >= 0.3 is 0 Å². The third kappa shape index (κ3) is 4.21. The van der Waals surface area contributed by atoms with Gasteiger partial charge in [0.15, 0.2) is 6.10 Å². The molecule has 2 atom stereocenters. The van der Waals surface area contributed by atoms with Gasteiger partial charge in [-0.2, -0.15) is 0 Å². The van der Waals surface area contributed by atoms with Gasteiger partial charge in [-0.25, -0.2) is 0 Å². The van der Waals surface area contributed by atoms with Crippen molar-refractivity contribution in [2.75, 3.05) is 6.61 Å². The van der Waals surface area contributed by atoms with E-state index >= 15 is 0 Å².